The van der Waals surface area contributed by atoms with Crippen molar-refractivity contribution in [3.63, 3.8) is 0 Å². The van der Waals surface area contributed by atoms with Gasteiger partial charge in [0.15, 0.2) is 0 Å². The van der Waals surface area contributed by atoms with Crippen molar-refractivity contribution in [1.29, 1.82) is 0 Å². The zero-order chi connectivity index (χ0) is 11.5. The third-order valence-electron chi connectivity index (χ3n) is 2.43. The molecule has 0 fully saturated rings. The average molecular weight is 256 g/mol. The van der Waals surface area contributed by atoms with Crippen LogP contribution < -0.4 is 5.73 Å². The molecule has 0 radical (unpaired) electrons. The lowest BCUT2D eigenvalue weighted by molar-refractivity contribution is 0.625. The summed E-state index contributed by atoms with van der Waals surface area (Å²) in [5, 5.41) is 4.44. The summed E-state index contributed by atoms with van der Waals surface area (Å²) in [5.74, 6) is -0.321. The molecule has 2 aromatic rings. The van der Waals surface area contributed by atoms with Crippen molar-refractivity contribution in [2.24, 2.45) is 5.73 Å². The number of halogens is 2. The summed E-state index contributed by atoms with van der Waals surface area (Å²) in [6, 6.07) is 6.31. The summed E-state index contributed by atoms with van der Waals surface area (Å²) in [7, 11) is 0. The molecule has 0 aliphatic heterocycles. The molecule has 1 unspecified atom stereocenters. The summed E-state index contributed by atoms with van der Waals surface area (Å²) in [6.07, 6.45) is 0.621. The molecule has 0 amide bonds. The fourth-order valence-electron chi connectivity index (χ4n) is 1.53. The molecule has 0 saturated carbocycles. The van der Waals surface area contributed by atoms with Crippen LogP contribution in [0, 0.1) is 5.82 Å². The van der Waals surface area contributed by atoms with E-state index < -0.39 is 0 Å². The van der Waals surface area contributed by atoms with E-state index in [1.54, 1.807) is 17.4 Å². The maximum absolute atomic E-state index is 12.8. The first-order valence-corrected chi connectivity index (χ1v) is 6.20. The Morgan fingerprint density at radius 1 is 1.38 bits per heavy atom. The minimum Gasteiger partial charge on any atom is -0.324 e. The highest BCUT2D eigenvalue weighted by Gasteiger charge is 2.10. The van der Waals surface area contributed by atoms with Crippen LogP contribution in [0.1, 0.15) is 17.2 Å². The minimum absolute atomic E-state index is 0.0887. The number of rotatable bonds is 3. The maximum Gasteiger partial charge on any atom is 0.124 e. The molecule has 2 N–H and O–H groups in total. The molecule has 1 nitrogen and oxygen atoms in total. The van der Waals surface area contributed by atoms with Gasteiger partial charge < -0.3 is 5.73 Å². The van der Waals surface area contributed by atoms with Gasteiger partial charge in [0.25, 0.3) is 0 Å². The van der Waals surface area contributed by atoms with Gasteiger partial charge in [0, 0.05) is 11.1 Å². The Morgan fingerprint density at radius 3 is 2.81 bits per heavy atom. The average Bonchev–Trinajstić information content (AvgIpc) is 2.75. The Morgan fingerprint density at radius 2 is 2.19 bits per heavy atom. The predicted molar refractivity (Wildman–Crippen MR) is 66.4 cm³/mol. The van der Waals surface area contributed by atoms with Crippen LogP contribution in [-0.4, -0.2) is 0 Å². The van der Waals surface area contributed by atoms with Crippen LogP contribution in [0.15, 0.2) is 35.0 Å². The molecule has 16 heavy (non-hydrogen) atoms. The number of hydrogen-bond acceptors (Lipinski definition) is 2. The monoisotopic (exact) mass is 255 g/mol. The van der Waals surface area contributed by atoms with Gasteiger partial charge in [0.1, 0.15) is 5.82 Å². The molecule has 2 rings (SSSR count). The lowest BCUT2D eigenvalue weighted by atomic mass is 10.0. The maximum atomic E-state index is 12.8. The molecule has 1 heterocycles. The SMILES string of the molecule is NC(Cc1ccc(F)cc1Cl)c1ccsc1. The normalized spacial score (nSPS) is 12.7. The van der Waals surface area contributed by atoms with E-state index in [1.807, 2.05) is 16.8 Å². The lowest BCUT2D eigenvalue weighted by Gasteiger charge is -2.11. The minimum atomic E-state index is -0.321. The van der Waals surface area contributed by atoms with Gasteiger partial charge in [-0.3, -0.25) is 0 Å². The molecule has 1 aromatic heterocycles. The van der Waals surface area contributed by atoms with Crippen LogP contribution in [0.4, 0.5) is 4.39 Å². The Labute approximate surface area is 103 Å². The van der Waals surface area contributed by atoms with Gasteiger partial charge in [0.05, 0.1) is 0 Å². The van der Waals surface area contributed by atoms with Gasteiger partial charge in [-0.2, -0.15) is 11.3 Å². The molecule has 0 spiro atoms. The topological polar surface area (TPSA) is 26.0 Å². The van der Waals surface area contributed by atoms with Crippen molar-refractivity contribution in [3.8, 4) is 0 Å². The molecule has 0 aliphatic carbocycles. The van der Waals surface area contributed by atoms with Crippen LogP contribution in [0.2, 0.25) is 5.02 Å². The van der Waals surface area contributed by atoms with Gasteiger partial charge >= 0.3 is 0 Å². The van der Waals surface area contributed by atoms with Crippen molar-refractivity contribution >= 4 is 22.9 Å². The van der Waals surface area contributed by atoms with E-state index in [0.29, 0.717) is 11.4 Å². The van der Waals surface area contributed by atoms with Crippen LogP contribution in [0.25, 0.3) is 0 Å². The zero-order valence-corrected chi connectivity index (χ0v) is 10.1. The van der Waals surface area contributed by atoms with Crippen molar-refractivity contribution in [3.05, 3.63) is 57.0 Å². The second-order valence-corrected chi connectivity index (χ2v) is 4.79. The third-order valence-corrected chi connectivity index (χ3v) is 3.48. The fourth-order valence-corrected chi connectivity index (χ4v) is 2.50. The first-order chi connectivity index (χ1) is 7.66. The van der Waals surface area contributed by atoms with Crippen molar-refractivity contribution in [2.75, 3.05) is 0 Å². The summed E-state index contributed by atoms with van der Waals surface area (Å²) in [4.78, 5) is 0. The Hall–Kier alpha value is -0.900. The van der Waals surface area contributed by atoms with Crippen molar-refractivity contribution in [1.82, 2.24) is 0 Å². The largest absolute Gasteiger partial charge is 0.324 e. The highest BCUT2D eigenvalue weighted by molar-refractivity contribution is 7.07. The molecule has 0 saturated heterocycles. The number of nitrogens with two attached hydrogens (primary N) is 1. The second kappa shape index (κ2) is 4.95. The molecule has 4 heteroatoms. The lowest BCUT2D eigenvalue weighted by Crippen LogP contribution is -2.12. The van der Waals surface area contributed by atoms with Crippen molar-refractivity contribution in [2.45, 2.75) is 12.5 Å². The molecular weight excluding hydrogens is 245 g/mol. The van der Waals surface area contributed by atoms with Gasteiger partial charge in [-0.25, -0.2) is 4.39 Å². The number of benzene rings is 1. The third kappa shape index (κ3) is 2.61. The first kappa shape index (κ1) is 11.6. The second-order valence-electron chi connectivity index (χ2n) is 3.60. The smallest absolute Gasteiger partial charge is 0.124 e. The van der Waals surface area contributed by atoms with E-state index in [-0.39, 0.29) is 11.9 Å². The van der Waals surface area contributed by atoms with E-state index >= 15 is 0 Å². The van der Waals surface area contributed by atoms with E-state index in [9.17, 15) is 4.39 Å². The highest BCUT2D eigenvalue weighted by Crippen LogP contribution is 2.24. The summed E-state index contributed by atoms with van der Waals surface area (Å²) < 4.78 is 12.8. The first-order valence-electron chi connectivity index (χ1n) is 4.88. The number of thiophene rings is 1. The molecule has 1 atom stereocenters. The molecule has 1 aromatic carbocycles. The van der Waals surface area contributed by atoms with Crippen LogP contribution in [0.5, 0.6) is 0 Å². The molecule has 84 valence electrons. The summed E-state index contributed by atoms with van der Waals surface area (Å²) in [5.41, 5.74) is 8.00. The van der Waals surface area contributed by atoms with Gasteiger partial charge in [0.2, 0.25) is 0 Å². The van der Waals surface area contributed by atoms with E-state index in [1.165, 1.54) is 12.1 Å². The quantitative estimate of drug-likeness (QED) is 0.887. The summed E-state index contributed by atoms with van der Waals surface area (Å²) in [6.45, 7) is 0. The molecular formula is C12H11ClFNS. The van der Waals surface area contributed by atoms with Gasteiger partial charge in [-0.1, -0.05) is 17.7 Å². The van der Waals surface area contributed by atoms with E-state index in [0.717, 1.165) is 11.1 Å². The van der Waals surface area contributed by atoms with Crippen molar-refractivity contribution < 1.29 is 4.39 Å². The molecule has 0 aliphatic rings. The Bertz CT molecular complexity index is 470. The standard InChI is InChI=1S/C12H11ClFNS/c13-11-6-10(14)2-1-8(11)5-12(15)9-3-4-16-7-9/h1-4,6-7,12H,5,15H2. The van der Waals surface area contributed by atoms with Gasteiger partial charge in [-0.15, -0.1) is 0 Å². The fraction of sp³-hybridized carbons (Fsp3) is 0.167. The highest BCUT2D eigenvalue weighted by atomic mass is 35.5. The predicted octanol–water partition coefficient (Wildman–Crippen LogP) is 3.78. The Balaban J connectivity index is 2.15. The van der Waals surface area contributed by atoms with E-state index in [4.69, 9.17) is 17.3 Å². The van der Waals surface area contributed by atoms with Crippen LogP contribution in [-0.2, 0) is 6.42 Å². The van der Waals surface area contributed by atoms with E-state index in [2.05, 4.69) is 0 Å². The van der Waals surface area contributed by atoms with Crippen LogP contribution >= 0.6 is 22.9 Å². The molecule has 0 bridgehead atoms. The summed E-state index contributed by atoms with van der Waals surface area (Å²) >= 11 is 7.55. The number of hydrogen-bond donors (Lipinski definition) is 1. The zero-order valence-electron chi connectivity index (χ0n) is 8.49. The Kier molecular flexibility index (Phi) is 3.59. The van der Waals surface area contributed by atoms with Crippen LogP contribution in [0.3, 0.4) is 0 Å². The van der Waals surface area contributed by atoms with Gasteiger partial charge in [-0.05, 0) is 46.5 Å².